The molecule has 0 atom stereocenters. The van der Waals surface area contributed by atoms with E-state index in [0.29, 0.717) is 29.0 Å². The van der Waals surface area contributed by atoms with E-state index in [1.165, 1.54) is 30.3 Å². The number of nitro benzene ring substituents is 1. The van der Waals surface area contributed by atoms with Crippen molar-refractivity contribution in [2.24, 2.45) is 0 Å². The summed E-state index contributed by atoms with van der Waals surface area (Å²) in [6, 6.07) is 9.46. The Hall–Kier alpha value is -3.44. The lowest BCUT2D eigenvalue weighted by molar-refractivity contribution is -0.384. The lowest BCUT2D eigenvalue weighted by Crippen LogP contribution is -2.15. The Labute approximate surface area is 191 Å². The summed E-state index contributed by atoms with van der Waals surface area (Å²) in [7, 11) is 0. The number of carbonyl (C=O) groups is 1. The molecule has 9 nitrogen and oxygen atoms in total. The second kappa shape index (κ2) is 10.7. The third-order valence-electron chi connectivity index (χ3n) is 4.03. The zero-order valence-corrected chi connectivity index (χ0v) is 18.1. The predicted octanol–water partition coefficient (Wildman–Crippen LogP) is 4.47. The molecular formula is C20H17ClFN5O4S. The van der Waals surface area contributed by atoms with Crippen molar-refractivity contribution in [1.82, 2.24) is 14.8 Å². The SMILES string of the molecule is C=CCn1c(COc2ccc(F)cc2Cl)nnc1SCC(=O)Nc1cccc([N+](=O)[O-])c1. The Kier molecular flexibility index (Phi) is 7.79. The molecule has 1 aromatic heterocycles. The Balaban J connectivity index is 1.63. The Morgan fingerprint density at radius 3 is 2.88 bits per heavy atom. The maximum atomic E-state index is 13.2. The van der Waals surface area contributed by atoms with E-state index in [2.05, 4.69) is 22.1 Å². The minimum Gasteiger partial charge on any atom is -0.484 e. The highest BCUT2D eigenvalue weighted by molar-refractivity contribution is 7.99. The molecule has 2 aromatic carbocycles. The minimum absolute atomic E-state index is 0.00259. The zero-order valence-electron chi connectivity index (χ0n) is 16.5. The number of thioether (sulfide) groups is 1. The molecule has 0 aliphatic rings. The van der Waals surface area contributed by atoms with Crippen molar-refractivity contribution in [2.75, 3.05) is 11.1 Å². The van der Waals surface area contributed by atoms with E-state index in [1.54, 1.807) is 16.7 Å². The van der Waals surface area contributed by atoms with E-state index in [9.17, 15) is 19.3 Å². The molecule has 166 valence electrons. The first-order valence-electron chi connectivity index (χ1n) is 9.15. The number of non-ortho nitro benzene ring substituents is 1. The summed E-state index contributed by atoms with van der Waals surface area (Å²) in [4.78, 5) is 22.6. The van der Waals surface area contributed by atoms with Crippen molar-refractivity contribution in [2.45, 2.75) is 18.3 Å². The summed E-state index contributed by atoms with van der Waals surface area (Å²) < 4.78 is 20.5. The summed E-state index contributed by atoms with van der Waals surface area (Å²) in [6.07, 6.45) is 1.64. The standard InChI is InChI=1S/C20H17ClFN5O4S/c1-2-8-26-18(11-31-17-7-6-13(22)9-16(17)21)24-25-20(26)32-12-19(28)23-14-4-3-5-15(10-14)27(29)30/h2-7,9-10H,1,8,11-12H2,(H,23,28). The molecule has 0 radical (unpaired) electrons. The molecule has 1 heterocycles. The van der Waals surface area contributed by atoms with Gasteiger partial charge in [0.2, 0.25) is 5.91 Å². The maximum absolute atomic E-state index is 13.2. The first-order valence-corrected chi connectivity index (χ1v) is 10.5. The van der Waals surface area contributed by atoms with Crippen LogP contribution in [-0.2, 0) is 17.9 Å². The molecule has 0 spiro atoms. The highest BCUT2D eigenvalue weighted by atomic mass is 35.5. The molecule has 12 heteroatoms. The van der Waals surface area contributed by atoms with Gasteiger partial charge >= 0.3 is 0 Å². The van der Waals surface area contributed by atoms with E-state index in [4.69, 9.17) is 16.3 Å². The fraction of sp³-hybridized carbons (Fsp3) is 0.150. The molecule has 3 aromatic rings. The van der Waals surface area contributed by atoms with Crippen LogP contribution in [0, 0.1) is 15.9 Å². The summed E-state index contributed by atoms with van der Waals surface area (Å²) in [6.45, 7) is 4.10. The number of allylic oxidation sites excluding steroid dienone is 1. The van der Waals surface area contributed by atoms with Crippen LogP contribution in [-0.4, -0.2) is 31.3 Å². The molecule has 1 amide bonds. The summed E-state index contributed by atoms with van der Waals surface area (Å²) in [5, 5.41) is 22.2. The molecule has 0 unspecified atom stereocenters. The fourth-order valence-electron chi connectivity index (χ4n) is 2.60. The zero-order chi connectivity index (χ0) is 23.1. The number of hydrogen-bond donors (Lipinski definition) is 1. The van der Waals surface area contributed by atoms with Gasteiger partial charge < -0.3 is 10.1 Å². The van der Waals surface area contributed by atoms with Crippen molar-refractivity contribution >= 4 is 40.6 Å². The number of nitro groups is 1. The average Bonchev–Trinajstić information content (AvgIpc) is 3.13. The number of carbonyl (C=O) groups excluding carboxylic acids is 1. The predicted molar refractivity (Wildman–Crippen MR) is 118 cm³/mol. The van der Waals surface area contributed by atoms with Crippen LogP contribution in [0.25, 0.3) is 0 Å². The Morgan fingerprint density at radius 2 is 2.16 bits per heavy atom. The molecule has 0 aliphatic carbocycles. The Morgan fingerprint density at radius 1 is 1.34 bits per heavy atom. The second-order valence-corrected chi connectivity index (χ2v) is 7.66. The molecule has 0 saturated heterocycles. The lowest BCUT2D eigenvalue weighted by Gasteiger charge is -2.10. The maximum Gasteiger partial charge on any atom is 0.271 e. The summed E-state index contributed by atoms with van der Waals surface area (Å²) in [5.74, 6) is -0.0692. The first-order chi connectivity index (χ1) is 15.4. The third kappa shape index (κ3) is 6.05. The van der Waals surface area contributed by atoms with Crippen LogP contribution >= 0.6 is 23.4 Å². The van der Waals surface area contributed by atoms with E-state index in [0.717, 1.165) is 17.8 Å². The number of benzene rings is 2. The van der Waals surface area contributed by atoms with Gasteiger partial charge in [0, 0.05) is 24.4 Å². The number of halogens is 2. The van der Waals surface area contributed by atoms with Crippen LogP contribution in [0.15, 0.2) is 60.3 Å². The van der Waals surface area contributed by atoms with E-state index in [1.807, 2.05) is 0 Å². The van der Waals surface area contributed by atoms with Gasteiger partial charge in [-0.05, 0) is 24.3 Å². The van der Waals surface area contributed by atoms with Crippen molar-refractivity contribution in [3.63, 3.8) is 0 Å². The summed E-state index contributed by atoms with van der Waals surface area (Å²) >= 11 is 7.11. The fourth-order valence-corrected chi connectivity index (χ4v) is 3.59. The topological polar surface area (TPSA) is 112 Å². The number of hydrogen-bond acceptors (Lipinski definition) is 7. The quantitative estimate of drug-likeness (QED) is 0.198. The van der Waals surface area contributed by atoms with Gasteiger partial charge in [0.1, 0.15) is 18.2 Å². The number of amides is 1. The van der Waals surface area contributed by atoms with Crippen molar-refractivity contribution in [3.8, 4) is 5.75 Å². The van der Waals surface area contributed by atoms with Gasteiger partial charge in [-0.1, -0.05) is 35.5 Å². The van der Waals surface area contributed by atoms with Crippen LogP contribution in [0.3, 0.4) is 0 Å². The molecule has 32 heavy (non-hydrogen) atoms. The minimum atomic E-state index is -0.537. The van der Waals surface area contributed by atoms with Gasteiger partial charge in [-0.15, -0.1) is 16.8 Å². The first kappa shape index (κ1) is 23.2. The van der Waals surface area contributed by atoms with Crippen molar-refractivity contribution < 1.29 is 18.8 Å². The number of rotatable bonds is 10. The van der Waals surface area contributed by atoms with Crippen LogP contribution in [0.5, 0.6) is 5.75 Å². The van der Waals surface area contributed by atoms with Crippen LogP contribution in [0.4, 0.5) is 15.8 Å². The van der Waals surface area contributed by atoms with Crippen LogP contribution < -0.4 is 10.1 Å². The number of anilines is 1. The molecule has 3 rings (SSSR count). The van der Waals surface area contributed by atoms with E-state index >= 15 is 0 Å². The number of nitrogens with one attached hydrogen (secondary N) is 1. The smallest absolute Gasteiger partial charge is 0.271 e. The van der Waals surface area contributed by atoms with E-state index < -0.39 is 10.7 Å². The monoisotopic (exact) mass is 477 g/mol. The number of ether oxygens (including phenoxy) is 1. The molecular weight excluding hydrogens is 461 g/mol. The molecule has 0 saturated carbocycles. The highest BCUT2D eigenvalue weighted by Crippen LogP contribution is 2.26. The highest BCUT2D eigenvalue weighted by Gasteiger charge is 2.15. The van der Waals surface area contributed by atoms with Crippen LogP contribution in [0.2, 0.25) is 5.02 Å². The number of aromatic nitrogens is 3. The molecule has 1 N–H and O–H groups in total. The molecule has 0 aliphatic heterocycles. The lowest BCUT2D eigenvalue weighted by atomic mass is 10.3. The van der Waals surface area contributed by atoms with E-state index in [-0.39, 0.29) is 29.0 Å². The largest absolute Gasteiger partial charge is 0.484 e. The third-order valence-corrected chi connectivity index (χ3v) is 5.29. The van der Waals surface area contributed by atoms with Gasteiger partial charge in [-0.3, -0.25) is 19.5 Å². The second-order valence-electron chi connectivity index (χ2n) is 6.31. The van der Waals surface area contributed by atoms with Crippen molar-refractivity contribution in [1.29, 1.82) is 0 Å². The number of nitrogens with zero attached hydrogens (tertiary/aromatic N) is 4. The molecule has 0 bridgehead atoms. The Bertz CT molecular complexity index is 1160. The average molecular weight is 478 g/mol. The van der Waals surface area contributed by atoms with Crippen LogP contribution in [0.1, 0.15) is 5.82 Å². The van der Waals surface area contributed by atoms with Gasteiger partial charge in [0.15, 0.2) is 11.0 Å². The molecule has 0 fully saturated rings. The van der Waals surface area contributed by atoms with Gasteiger partial charge in [0.25, 0.3) is 5.69 Å². The van der Waals surface area contributed by atoms with Gasteiger partial charge in [0.05, 0.1) is 15.7 Å². The van der Waals surface area contributed by atoms with Gasteiger partial charge in [-0.25, -0.2) is 4.39 Å². The summed E-state index contributed by atoms with van der Waals surface area (Å²) in [5.41, 5.74) is 0.203. The van der Waals surface area contributed by atoms with Crippen molar-refractivity contribution in [3.05, 3.63) is 81.9 Å². The normalized spacial score (nSPS) is 10.6. The van der Waals surface area contributed by atoms with Gasteiger partial charge in [-0.2, -0.15) is 0 Å².